The first-order valence-corrected chi connectivity index (χ1v) is 11.7. The minimum atomic E-state index is -0.703. The topological polar surface area (TPSA) is 100 Å². The molecule has 2 aromatic rings. The van der Waals surface area contributed by atoms with E-state index < -0.39 is 17.8 Å². The summed E-state index contributed by atoms with van der Waals surface area (Å²) in [5.41, 5.74) is 7.20. The fourth-order valence-corrected chi connectivity index (χ4v) is 3.90. The van der Waals surface area contributed by atoms with Crippen LogP contribution in [0, 0.1) is 5.82 Å². The number of likely N-dealkylation sites (N-methyl/N-ethyl adjacent to an activating group) is 1. The van der Waals surface area contributed by atoms with Gasteiger partial charge in [0.25, 0.3) is 5.91 Å². The van der Waals surface area contributed by atoms with Crippen molar-refractivity contribution in [3.63, 3.8) is 0 Å². The van der Waals surface area contributed by atoms with Gasteiger partial charge in [0.2, 0.25) is 0 Å². The Bertz CT molecular complexity index is 967. The van der Waals surface area contributed by atoms with Crippen molar-refractivity contribution in [2.45, 2.75) is 32.8 Å². The highest BCUT2D eigenvalue weighted by Gasteiger charge is 2.17. The molecule has 0 aliphatic carbocycles. The van der Waals surface area contributed by atoms with E-state index in [-0.39, 0.29) is 23.6 Å². The smallest absolute Gasteiger partial charge is 0.258 e. The third-order valence-electron chi connectivity index (χ3n) is 5.33. The molecule has 0 bridgehead atoms. The number of amides is 1. The lowest BCUT2D eigenvalue weighted by Crippen LogP contribution is -2.39. The van der Waals surface area contributed by atoms with Crippen LogP contribution in [0.5, 0.6) is 5.75 Å². The van der Waals surface area contributed by atoms with Gasteiger partial charge in [-0.2, -0.15) is 0 Å². The molecule has 0 aliphatic rings. The van der Waals surface area contributed by atoms with E-state index in [1.807, 2.05) is 32.0 Å². The second-order valence-corrected chi connectivity index (χ2v) is 8.46. The molecule has 0 aromatic heterocycles. The molecule has 0 saturated heterocycles. The zero-order valence-electron chi connectivity index (χ0n) is 19.3. The predicted octanol–water partition coefficient (Wildman–Crippen LogP) is 3.13. The molecule has 0 aliphatic heterocycles. The number of carbonyl (C=O) groups is 1. The quantitative estimate of drug-likeness (QED) is 0.311. The molecule has 4 N–H and O–H groups in total. The van der Waals surface area contributed by atoms with Gasteiger partial charge in [-0.05, 0) is 61.8 Å². The maximum absolute atomic E-state index is 14.6. The number of aliphatic imine (C=N–C) groups is 1. The van der Waals surface area contributed by atoms with Gasteiger partial charge in [-0.3, -0.25) is 15.1 Å². The highest BCUT2D eigenvalue weighted by Crippen LogP contribution is 2.25. The molecule has 9 heteroatoms. The summed E-state index contributed by atoms with van der Waals surface area (Å²) in [6.45, 7) is 6.18. The molecule has 0 spiro atoms. The fraction of sp³-hybridized carbons (Fsp3) is 0.417. The summed E-state index contributed by atoms with van der Waals surface area (Å²) >= 11 is 3.44. The van der Waals surface area contributed by atoms with Gasteiger partial charge in [0.15, 0.2) is 5.96 Å². The first-order chi connectivity index (χ1) is 15.8. The Morgan fingerprint density at radius 1 is 1.27 bits per heavy atom. The largest absolute Gasteiger partial charge is 0.496 e. The number of hydrogen-bond donors (Lipinski definition) is 3. The molecule has 2 aromatic carbocycles. The van der Waals surface area contributed by atoms with Crippen molar-refractivity contribution in [1.82, 2.24) is 10.2 Å². The van der Waals surface area contributed by atoms with Crippen LogP contribution in [-0.4, -0.2) is 61.3 Å². The summed E-state index contributed by atoms with van der Waals surface area (Å²) in [4.78, 5) is 18.9. The van der Waals surface area contributed by atoms with Crippen LogP contribution < -0.4 is 15.8 Å². The van der Waals surface area contributed by atoms with E-state index in [4.69, 9.17) is 10.5 Å². The molecule has 2 rings (SSSR count). The van der Waals surface area contributed by atoms with Crippen LogP contribution >= 0.6 is 15.9 Å². The van der Waals surface area contributed by atoms with E-state index in [0.717, 1.165) is 23.1 Å². The number of aliphatic hydroxyl groups excluding tert-OH is 1. The molecular weight excluding hydrogens is 491 g/mol. The number of carbonyl (C=O) groups excluding carboxylic acids is 1. The van der Waals surface area contributed by atoms with Gasteiger partial charge in [-0.25, -0.2) is 4.39 Å². The summed E-state index contributed by atoms with van der Waals surface area (Å²) in [5, 5.41) is 12.6. The van der Waals surface area contributed by atoms with Gasteiger partial charge < -0.3 is 20.5 Å². The Morgan fingerprint density at radius 3 is 2.67 bits per heavy atom. The van der Waals surface area contributed by atoms with Gasteiger partial charge in [0.05, 0.1) is 19.8 Å². The van der Waals surface area contributed by atoms with E-state index in [1.165, 1.54) is 12.1 Å². The lowest BCUT2D eigenvalue weighted by Gasteiger charge is -2.20. The molecule has 33 heavy (non-hydrogen) atoms. The lowest BCUT2D eigenvalue weighted by molar-refractivity contribution is 0.0974. The van der Waals surface area contributed by atoms with Gasteiger partial charge in [0, 0.05) is 22.1 Å². The molecule has 7 nitrogen and oxygen atoms in total. The van der Waals surface area contributed by atoms with Crippen molar-refractivity contribution in [2.75, 3.05) is 33.3 Å². The number of methoxy groups -OCH3 is 1. The van der Waals surface area contributed by atoms with Gasteiger partial charge in [-0.1, -0.05) is 35.8 Å². The van der Waals surface area contributed by atoms with Crippen molar-refractivity contribution in [2.24, 2.45) is 10.7 Å². The minimum absolute atomic E-state index is 0.0568. The zero-order valence-corrected chi connectivity index (χ0v) is 20.9. The normalized spacial score (nSPS) is 12.6. The molecule has 0 fully saturated rings. The van der Waals surface area contributed by atoms with Gasteiger partial charge in [-0.15, -0.1) is 0 Å². The number of nitrogens with zero attached hydrogens (tertiary/aromatic N) is 2. The number of hydrogen-bond acceptors (Lipinski definition) is 5. The number of rotatable bonds is 11. The number of aryl methyl sites for hydroxylation is 1. The first kappa shape index (κ1) is 26.8. The van der Waals surface area contributed by atoms with Gasteiger partial charge in [0.1, 0.15) is 11.6 Å². The molecule has 0 radical (unpaired) electrons. The molecule has 0 heterocycles. The third kappa shape index (κ3) is 8.10. The number of halogens is 2. The molecule has 1 amide bonds. The number of ether oxygens (including phenoxy) is 1. The monoisotopic (exact) mass is 522 g/mol. The average molecular weight is 523 g/mol. The zero-order chi connectivity index (χ0) is 24.4. The van der Waals surface area contributed by atoms with Crippen molar-refractivity contribution < 1.29 is 19.0 Å². The third-order valence-corrected chi connectivity index (χ3v) is 5.82. The number of benzene rings is 2. The van der Waals surface area contributed by atoms with Crippen molar-refractivity contribution in [3.05, 3.63) is 63.4 Å². The van der Waals surface area contributed by atoms with Gasteiger partial charge >= 0.3 is 0 Å². The second-order valence-electron chi connectivity index (χ2n) is 7.54. The van der Waals surface area contributed by atoms with Crippen LogP contribution in [0.1, 0.15) is 35.3 Å². The summed E-state index contributed by atoms with van der Waals surface area (Å²) in [6, 6.07) is 9.97. The molecule has 1 atom stereocenters. The Morgan fingerprint density at radius 2 is 2.00 bits per heavy atom. The highest BCUT2D eigenvalue weighted by molar-refractivity contribution is 9.10. The van der Waals surface area contributed by atoms with Crippen LogP contribution in [0.25, 0.3) is 0 Å². The molecule has 1 unspecified atom stereocenters. The number of nitrogens with two attached hydrogens (primary N) is 1. The maximum atomic E-state index is 14.6. The fourth-order valence-electron chi connectivity index (χ4n) is 3.49. The van der Waals surface area contributed by atoms with Crippen LogP contribution in [-0.2, 0) is 12.8 Å². The van der Waals surface area contributed by atoms with Crippen molar-refractivity contribution >= 4 is 27.8 Å². The van der Waals surface area contributed by atoms with Crippen molar-refractivity contribution in [1.29, 1.82) is 0 Å². The number of aliphatic hydroxyl groups is 1. The Hall–Kier alpha value is -2.49. The average Bonchev–Trinajstić information content (AvgIpc) is 2.80. The summed E-state index contributed by atoms with van der Waals surface area (Å²) in [7, 11) is 1.58. The lowest BCUT2D eigenvalue weighted by atomic mass is 9.98. The summed E-state index contributed by atoms with van der Waals surface area (Å²) in [6.07, 6.45) is 0.0672. The standard InChI is InChI=1S/C24H32BrFN4O3/c1-4-30(5-2)15-18(31)14-28-24(27)29-23(32)20-7-6-8-21(26)19(20)11-9-16-13-17(25)10-12-22(16)33-3/h6-8,10,12-13,18,31H,4-5,9,11,14-15H2,1-3H3,(H3,27,28,29,32). The number of guanidine groups is 1. The Labute approximate surface area is 203 Å². The molecule has 180 valence electrons. The van der Waals surface area contributed by atoms with Crippen LogP contribution in [0.2, 0.25) is 0 Å². The molecular formula is C24H32BrFN4O3. The molecule has 0 saturated carbocycles. The second kappa shape index (κ2) is 13.3. The highest BCUT2D eigenvalue weighted by atomic mass is 79.9. The summed E-state index contributed by atoms with van der Waals surface area (Å²) < 4.78 is 20.9. The first-order valence-electron chi connectivity index (χ1n) is 10.9. The summed E-state index contributed by atoms with van der Waals surface area (Å²) in [5.74, 6) is -0.449. The van der Waals surface area contributed by atoms with E-state index in [9.17, 15) is 14.3 Å². The minimum Gasteiger partial charge on any atom is -0.496 e. The van der Waals surface area contributed by atoms with Crippen LogP contribution in [0.4, 0.5) is 4.39 Å². The van der Waals surface area contributed by atoms with E-state index in [1.54, 1.807) is 13.2 Å². The Kier molecular flexibility index (Phi) is 10.8. The van der Waals surface area contributed by atoms with E-state index in [0.29, 0.717) is 25.1 Å². The maximum Gasteiger partial charge on any atom is 0.258 e. The predicted molar refractivity (Wildman–Crippen MR) is 132 cm³/mol. The van der Waals surface area contributed by atoms with Crippen molar-refractivity contribution in [3.8, 4) is 5.75 Å². The SMILES string of the molecule is CCN(CC)CC(O)CN=C(N)NC(=O)c1cccc(F)c1CCc1cc(Br)ccc1OC. The van der Waals surface area contributed by atoms with Crippen LogP contribution in [0.3, 0.4) is 0 Å². The number of nitrogens with one attached hydrogen (secondary N) is 1. The van der Waals surface area contributed by atoms with E-state index >= 15 is 0 Å². The van der Waals surface area contributed by atoms with E-state index in [2.05, 4.69) is 31.1 Å². The van der Waals surface area contributed by atoms with Crippen LogP contribution in [0.15, 0.2) is 45.9 Å². The Balaban J connectivity index is 2.09.